The summed E-state index contributed by atoms with van der Waals surface area (Å²) in [7, 11) is 0. The second kappa shape index (κ2) is 13.0. The van der Waals surface area contributed by atoms with Gasteiger partial charge in [-0.3, -0.25) is 0 Å². The van der Waals surface area contributed by atoms with E-state index in [-0.39, 0.29) is 0 Å². The van der Waals surface area contributed by atoms with E-state index in [9.17, 15) is 84.9 Å². The fourth-order valence-corrected chi connectivity index (χ4v) is 9.25. The lowest BCUT2D eigenvalue weighted by molar-refractivity contribution is -0.409. The van der Waals surface area contributed by atoms with Crippen LogP contribution in [0.15, 0.2) is 0 Å². The van der Waals surface area contributed by atoms with Gasteiger partial charge in [-0.15, -0.1) is 0 Å². The van der Waals surface area contributed by atoms with Gasteiger partial charge in [0.05, 0.1) is 6.10 Å². The number of hydrogen-bond acceptors (Lipinski definition) is 4. The molecule has 11 unspecified atom stereocenters. The lowest BCUT2D eigenvalue weighted by atomic mass is 9.67. The maximum atomic E-state index is 16.1. The van der Waals surface area contributed by atoms with Gasteiger partial charge in [-0.1, -0.05) is 13.8 Å². The Kier molecular flexibility index (Phi) is 10.8. The molecule has 4 saturated carbocycles. The number of ether oxygens (including phenoxy) is 2. The summed E-state index contributed by atoms with van der Waals surface area (Å²) in [6.45, 7) is 0.0623. The highest BCUT2D eigenvalue weighted by Crippen LogP contribution is 2.69. The second-order valence-corrected chi connectivity index (χ2v) is 14.8. The minimum atomic E-state index is -6.72. The standard InChI is InChI=1S/C29H32F20O4/c1-10-11(2)17-5-16(10)20(32,24(17,33)34)8-23(28(44,45)46,29(47,48)49)53-9-52-18-4-12-3-13(18)15(6-21(50,19(30)31)25(35,36)37)14(12)7-22(51,26(38,39)40)27(41,42)43/h10-19,50-51H,3-9H2,1-2H3. The largest absolute Gasteiger partial charge is 0.426 e. The average Bonchev–Trinajstić information content (AvgIpc) is 3.65. The molecule has 0 spiro atoms. The van der Waals surface area contributed by atoms with Gasteiger partial charge in [0, 0.05) is 18.3 Å². The van der Waals surface area contributed by atoms with Crippen molar-refractivity contribution < 1.29 is 107 Å². The average molecular weight is 825 g/mol. The Morgan fingerprint density at radius 3 is 1.55 bits per heavy atom. The van der Waals surface area contributed by atoms with Crippen LogP contribution in [0.1, 0.15) is 52.4 Å². The van der Waals surface area contributed by atoms with Crippen LogP contribution in [0.5, 0.6) is 0 Å². The summed E-state index contributed by atoms with van der Waals surface area (Å²) >= 11 is 0. The number of aliphatic hydroxyl groups is 2. The number of halogens is 20. The van der Waals surface area contributed by atoms with Crippen LogP contribution in [-0.4, -0.2) is 88.8 Å². The van der Waals surface area contributed by atoms with E-state index in [1.54, 1.807) is 0 Å². The maximum absolute atomic E-state index is 16.1. The van der Waals surface area contributed by atoms with Gasteiger partial charge in [-0.2, -0.15) is 65.9 Å². The molecular weight excluding hydrogens is 792 g/mol. The van der Waals surface area contributed by atoms with Crippen LogP contribution in [0, 0.1) is 47.3 Å². The Labute approximate surface area is 286 Å². The molecule has 4 bridgehead atoms. The lowest BCUT2D eigenvalue weighted by Gasteiger charge is -2.48. The molecule has 0 heterocycles. The van der Waals surface area contributed by atoms with Crippen LogP contribution >= 0.6 is 0 Å². The Morgan fingerprint density at radius 2 is 1.13 bits per heavy atom. The van der Waals surface area contributed by atoms with Crippen molar-refractivity contribution in [3.63, 3.8) is 0 Å². The first-order valence-electron chi connectivity index (χ1n) is 15.8. The third-order valence-electron chi connectivity index (χ3n) is 12.4. The van der Waals surface area contributed by atoms with E-state index in [0.717, 1.165) is 6.92 Å². The fraction of sp³-hybridized carbons (Fsp3) is 1.00. The molecule has 4 rings (SSSR count). The van der Waals surface area contributed by atoms with E-state index in [1.165, 1.54) is 6.92 Å². The van der Waals surface area contributed by atoms with Crippen molar-refractivity contribution in [1.29, 1.82) is 0 Å². The van der Waals surface area contributed by atoms with Crippen LogP contribution in [0.2, 0.25) is 0 Å². The molecule has 11 atom stereocenters. The molecular formula is C29H32F20O4. The highest BCUT2D eigenvalue weighted by Gasteiger charge is 2.83. The van der Waals surface area contributed by atoms with Crippen LogP contribution < -0.4 is 0 Å². The topological polar surface area (TPSA) is 58.9 Å². The number of rotatable bonds is 11. The Balaban J connectivity index is 1.67. The second-order valence-electron chi connectivity index (χ2n) is 14.8. The maximum Gasteiger partial charge on any atom is 0.426 e. The SMILES string of the molecule is CC1C(C)C2CC1C(F)(F)C2(F)CC(OCOC1CC2CC1C(CC(O)(C(F)F)C(F)(F)F)C2CC(O)(C(F)(F)F)C(F)(F)F)(C(F)(F)F)C(F)(F)F. The third-order valence-corrected chi connectivity index (χ3v) is 12.4. The molecule has 4 aliphatic rings. The molecule has 0 aromatic carbocycles. The predicted molar refractivity (Wildman–Crippen MR) is 135 cm³/mol. The molecule has 312 valence electrons. The summed E-state index contributed by atoms with van der Waals surface area (Å²) in [6, 6.07) is 0. The smallest absolute Gasteiger partial charge is 0.376 e. The highest BCUT2D eigenvalue weighted by atomic mass is 19.4. The summed E-state index contributed by atoms with van der Waals surface area (Å²) in [5.41, 5.74) is -21.0. The zero-order chi connectivity index (χ0) is 41.1. The van der Waals surface area contributed by atoms with Crippen LogP contribution in [0.25, 0.3) is 0 Å². The molecule has 4 nitrogen and oxygen atoms in total. The van der Waals surface area contributed by atoms with Gasteiger partial charge in [-0.25, -0.2) is 22.0 Å². The molecule has 2 N–H and O–H groups in total. The number of fused-ring (bicyclic) bond motifs is 4. The van der Waals surface area contributed by atoms with E-state index in [2.05, 4.69) is 4.74 Å². The zero-order valence-electron chi connectivity index (χ0n) is 27.0. The molecule has 0 aromatic rings. The first kappa shape index (κ1) is 44.2. The molecule has 0 saturated heterocycles. The molecule has 53 heavy (non-hydrogen) atoms. The summed E-state index contributed by atoms with van der Waals surface area (Å²) in [4.78, 5) is 0. The Bertz CT molecular complexity index is 1300. The van der Waals surface area contributed by atoms with Crippen molar-refractivity contribution in [2.24, 2.45) is 47.3 Å². The highest BCUT2D eigenvalue weighted by molar-refractivity contribution is 5.20. The van der Waals surface area contributed by atoms with E-state index < -0.39 is 164 Å². The van der Waals surface area contributed by atoms with Gasteiger partial charge in [0.1, 0.15) is 6.79 Å². The lowest BCUT2D eigenvalue weighted by Crippen LogP contribution is -2.66. The summed E-state index contributed by atoms with van der Waals surface area (Å²) < 4.78 is 290. The van der Waals surface area contributed by atoms with Crippen molar-refractivity contribution >= 4 is 0 Å². The van der Waals surface area contributed by atoms with Gasteiger partial charge in [0.15, 0.2) is 5.67 Å². The summed E-state index contributed by atoms with van der Waals surface area (Å²) in [5, 5.41) is 19.6. The summed E-state index contributed by atoms with van der Waals surface area (Å²) in [5.74, 6) is -19.6. The number of hydrogen-bond donors (Lipinski definition) is 2. The van der Waals surface area contributed by atoms with E-state index in [1.807, 2.05) is 0 Å². The quantitative estimate of drug-likeness (QED) is 0.161. The van der Waals surface area contributed by atoms with Crippen molar-refractivity contribution in [1.82, 2.24) is 0 Å². The van der Waals surface area contributed by atoms with Crippen molar-refractivity contribution in [2.45, 2.75) is 124 Å². The van der Waals surface area contributed by atoms with Gasteiger partial charge in [-0.05, 0) is 67.6 Å². The van der Waals surface area contributed by atoms with Gasteiger partial charge < -0.3 is 19.7 Å². The van der Waals surface area contributed by atoms with Crippen molar-refractivity contribution in [2.75, 3.05) is 6.79 Å². The zero-order valence-corrected chi connectivity index (χ0v) is 27.0. The van der Waals surface area contributed by atoms with Gasteiger partial charge >= 0.3 is 30.9 Å². The normalized spacial score (nSPS) is 36.5. The van der Waals surface area contributed by atoms with E-state index in [0.29, 0.717) is 0 Å². The molecule has 0 radical (unpaired) electrons. The van der Waals surface area contributed by atoms with Gasteiger partial charge in [0.2, 0.25) is 5.60 Å². The number of alkyl halides is 20. The Morgan fingerprint density at radius 1 is 0.642 bits per heavy atom. The molecule has 0 aliphatic heterocycles. The molecule has 4 fully saturated rings. The minimum absolute atomic E-state index is 0.789. The van der Waals surface area contributed by atoms with E-state index in [4.69, 9.17) is 4.74 Å². The van der Waals surface area contributed by atoms with Crippen molar-refractivity contribution in [3.8, 4) is 0 Å². The third kappa shape index (κ3) is 6.65. The molecule has 24 heteroatoms. The van der Waals surface area contributed by atoms with Crippen molar-refractivity contribution in [3.05, 3.63) is 0 Å². The molecule has 4 aliphatic carbocycles. The van der Waals surface area contributed by atoms with Crippen LogP contribution in [0.4, 0.5) is 87.8 Å². The first-order valence-corrected chi connectivity index (χ1v) is 15.8. The van der Waals surface area contributed by atoms with Gasteiger partial charge in [0.25, 0.3) is 23.6 Å². The summed E-state index contributed by atoms with van der Waals surface area (Å²) in [6.07, 6.45) is -50.2. The predicted octanol–water partition coefficient (Wildman–Crippen LogP) is 9.33. The van der Waals surface area contributed by atoms with Crippen LogP contribution in [0.3, 0.4) is 0 Å². The molecule has 0 aromatic heterocycles. The van der Waals surface area contributed by atoms with Crippen LogP contribution in [-0.2, 0) is 9.47 Å². The first-order chi connectivity index (χ1) is 23.5. The van der Waals surface area contributed by atoms with E-state index >= 15 is 13.2 Å². The minimum Gasteiger partial charge on any atom is -0.376 e. The fourth-order valence-electron chi connectivity index (χ4n) is 9.25. The molecule has 0 amide bonds. The monoisotopic (exact) mass is 824 g/mol. The Hall–Kier alpha value is -1.56.